The van der Waals surface area contributed by atoms with E-state index in [4.69, 9.17) is 9.47 Å². The average molecular weight is 1270 g/mol. The standard InChI is InChI=1S/2C33H25OS.2C2H3F3O3S/c1-3-15-28(16-4-1)35(29-17-5-2-6-18-29)30-19-11-14-27(23-30)34-24-33-31-20-9-7-12-25(31)22-26-13-8-10-21-32(26)33;1-3-13-28(14-4-1)35(29-15-5-2-6-16-29)30-21-19-27(20-22-30)34-24-33-31-17-9-7-11-25(31)23-26-12-8-10-18-32(26)33;2*3-2(4,5)1-9(6,7)8/h2*1-23H,24H2;2*1H2,(H,6,7,8)/q2*+1;;/p-2. The minimum Gasteiger partial charge on any atom is -0.748 e. The molecule has 0 heterocycles. The molecule has 12 rings (SSSR count). The molecule has 12 aromatic rings. The van der Waals surface area contributed by atoms with Crippen LogP contribution in [-0.4, -0.2) is 49.8 Å². The average Bonchev–Trinajstić information content (AvgIpc) is 1.39. The number of benzene rings is 12. The monoisotopic (exact) mass is 1260 g/mol. The predicted octanol–water partition coefficient (Wildman–Crippen LogP) is 17.5. The van der Waals surface area contributed by atoms with Crippen molar-refractivity contribution in [1.82, 2.24) is 0 Å². The van der Waals surface area contributed by atoms with Gasteiger partial charge >= 0.3 is 12.4 Å². The first-order chi connectivity index (χ1) is 42.1. The van der Waals surface area contributed by atoms with Gasteiger partial charge in [-0.2, -0.15) is 26.3 Å². The SMILES string of the molecule is O=S(=O)([O-])CC(F)(F)F.O=S(=O)([O-])CC(F)(F)F.c1ccc([S+](c2ccccc2)c2ccc(OCc3c4ccccc4cc4ccccc34)cc2)cc1.c1ccc([S+](c2ccccc2)c2cccc(OCc3c4ccccc4cc4ccccc34)c2)cc1. The Morgan fingerprint density at radius 1 is 0.307 bits per heavy atom. The van der Waals surface area contributed by atoms with Gasteiger partial charge in [-0.15, -0.1) is 0 Å². The molecule has 0 atom stereocenters. The van der Waals surface area contributed by atoms with Crippen LogP contribution < -0.4 is 9.47 Å². The molecule has 0 aromatic heterocycles. The Morgan fingerprint density at radius 3 is 0.886 bits per heavy atom. The number of hydrogen-bond acceptors (Lipinski definition) is 8. The summed E-state index contributed by atoms with van der Waals surface area (Å²) in [6.45, 7) is 1.06. The summed E-state index contributed by atoms with van der Waals surface area (Å²) in [6.07, 6.45) is -9.83. The van der Waals surface area contributed by atoms with Gasteiger partial charge in [0.25, 0.3) is 0 Å². The fourth-order valence-electron chi connectivity index (χ4n) is 9.64. The smallest absolute Gasteiger partial charge is 0.401 e. The van der Waals surface area contributed by atoms with E-state index in [1.807, 2.05) is 0 Å². The molecule has 0 unspecified atom stereocenters. The molecule has 0 saturated carbocycles. The molecule has 88 heavy (non-hydrogen) atoms. The molecule has 448 valence electrons. The molecule has 0 bridgehead atoms. The number of halogens is 6. The molecule has 0 saturated heterocycles. The van der Waals surface area contributed by atoms with Crippen molar-refractivity contribution in [2.45, 2.75) is 54.9 Å². The van der Waals surface area contributed by atoms with Gasteiger partial charge in [-0.25, -0.2) is 16.8 Å². The van der Waals surface area contributed by atoms with Gasteiger partial charge in [0, 0.05) is 17.2 Å². The van der Waals surface area contributed by atoms with Crippen molar-refractivity contribution in [3.05, 3.63) is 290 Å². The van der Waals surface area contributed by atoms with Crippen molar-refractivity contribution in [2.24, 2.45) is 0 Å². The maximum absolute atomic E-state index is 11.0. The van der Waals surface area contributed by atoms with Crippen LogP contribution in [0.4, 0.5) is 26.3 Å². The third kappa shape index (κ3) is 18.2. The minimum atomic E-state index is -5.16. The molecule has 12 aromatic carbocycles. The molecule has 0 N–H and O–H groups in total. The van der Waals surface area contributed by atoms with Crippen molar-refractivity contribution in [1.29, 1.82) is 0 Å². The highest BCUT2D eigenvalue weighted by atomic mass is 32.2. The van der Waals surface area contributed by atoms with Gasteiger partial charge < -0.3 is 18.6 Å². The zero-order valence-corrected chi connectivity index (χ0v) is 49.8. The summed E-state index contributed by atoms with van der Waals surface area (Å²) in [6, 6.07) is 98.9. The molecule has 0 amide bonds. The molecular weight excluding hydrogens is 1210 g/mol. The first-order valence-corrected chi connectivity index (χ1v) is 32.7. The van der Waals surface area contributed by atoms with Gasteiger partial charge in [-0.05, 0) is 140 Å². The van der Waals surface area contributed by atoms with Gasteiger partial charge in [-0.1, -0.05) is 176 Å². The minimum absolute atomic E-state index is 0.156. The highest BCUT2D eigenvalue weighted by molar-refractivity contribution is 7.97. The Balaban J connectivity index is 0.000000164. The molecule has 8 nitrogen and oxygen atoms in total. The molecule has 18 heteroatoms. The van der Waals surface area contributed by atoms with E-state index in [1.165, 1.54) is 83.6 Å². The van der Waals surface area contributed by atoms with Crippen LogP contribution in [0.3, 0.4) is 0 Å². The summed E-state index contributed by atoms with van der Waals surface area (Å²) < 4.78 is 135. The maximum atomic E-state index is 11.0. The summed E-state index contributed by atoms with van der Waals surface area (Å²) in [4.78, 5) is 7.77. The van der Waals surface area contributed by atoms with Crippen molar-refractivity contribution in [2.75, 3.05) is 11.5 Å². The second-order valence-corrected chi connectivity index (χ2v) is 26.5. The van der Waals surface area contributed by atoms with Crippen LogP contribution in [0, 0.1) is 0 Å². The van der Waals surface area contributed by atoms with Crippen LogP contribution in [0.1, 0.15) is 11.1 Å². The first kappa shape index (κ1) is 63.9. The van der Waals surface area contributed by atoms with Crippen LogP contribution in [0.2, 0.25) is 0 Å². The highest BCUT2D eigenvalue weighted by Gasteiger charge is 2.32. The fraction of sp³-hybridized carbons (Fsp3) is 0.0857. The van der Waals surface area contributed by atoms with E-state index in [0.717, 1.165) is 11.5 Å². The Hall–Kier alpha value is -8.62. The van der Waals surface area contributed by atoms with E-state index in [2.05, 4.69) is 279 Å². The summed E-state index contributed by atoms with van der Waals surface area (Å²) in [5.41, 5.74) is 2.46. The van der Waals surface area contributed by atoms with Crippen molar-refractivity contribution >= 4 is 85.1 Å². The molecule has 0 aliphatic rings. The zero-order valence-electron chi connectivity index (χ0n) is 46.6. The largest absolute Gasteiger partial charge is 0.748 e. The molecule has 0 aliphatic carbocycles. The number of fused-ring (bicyclic) bond motifs is 4. The number of rotatable bonds is 14. The van der Waals surface area contributed by atoms with E-state index in [9.17, 15) is 52.3 Å². The Kier molecular flexibility index (Phi) is 21.0. The van der Waals surface area contributed by atoms with Crippen LogP contribution in [0.25, 0.3) is 43.1 Å². The van der Waals surface area contributed by atoms with Crippen LogP contribution >= 0.6 is 0 Å². The summed E-state index contributed by atoms with van der Waals surface area (Å²) >= 11 is 0. The normalized spacial score (nSPS) is 11.8. The van der Waals surface area contributed by atoms with Crippen LogP contribution in [0.5, 0.6) is 11.5 Å². The quantitative estimate of drug-likeness (QED) is 0.0455. The second kappa shape index (κ2) is 28.9. The molecule has 0 aliphatic heterocycles. The summed E-state index contributed by atoms with van der Waals surface area (Å²) in [7, 11) is -10.7. The zero-order chi connectivity index (χ0) is 62.3. The lowest BCUT2D eigenvalue weighted by molar-refractivity contribution is -0.108. The number of ether oxygens (including phenoxy) is 2. The Bertz CT molecular complexity index is 4260. The van der Waals surface area contributed by atoms with Gasteiger partial charge in [0.15, 0.2) is 29.4 Å². The van der Waals surface area contributed by atoms with Crippen LogP contribution in [0.15, 0.2) is 308 Å². The predicted molar refractivity (Wildman–Crippen MR) is 336 cm³/mol. The molecular formula is C70H54F6O8S4. The number of alkyl halides is 6. The van der Waals surface area contributed by atoms with Crippen LogP contribution in [-0.2, 0) is 55.2 Å². The van der Waals surface area contributed by atoms with Gasteiger partial charge in [0.05, 0.1) is 21.8 Å². The third-order valence-corrected chi connectivity index (χ3v) is 19.0. The van der Waals surface area contributed by atoms with E-state index < -0.39 is 44.1 Å². The van der Waals surface area contributed by atoms with Gasteiger partial charge in [0.1, 0.15) is 56.5 Å². The molecule has 0 radical (unpaired) electrons. The fourth-order valence-corrected chi connectivity index (χ4v) is 14.7. The summed E-state index contributed by atoms with van der Waals surface area (Å²) in [5.74, 6) is -2.81. The highest BCUT2D eigenvalue weighted by Crippen LogP contribution is 2.36. The lowest BCUT2D eigenvalue weighted by atomic mass is 9.97. The van der Waals surface area contributed by atoms with E-state index >= 15 is 0 Å². The van der Waals surface area contributed by atoms with E-state index in [0.29, 0.717) is 13.2 Å². The second-order valence-electron chi connectivity index (χ2n) is 19.6. The van der Waals surface area contributed by atoms with Gasteiger partial charge in [-0.3, -0.25) is 0 Å². The topological polar surface area (TPSA) is 133 Å². The van der Waals surface area contributed by atoms with E-state index in [-0.39, 0.29) is 21.8 Å². The Morgan fingerprint density at radius 2 is 0.580 bits per heavy atom. The van der Waals surface area contributed by atoms with E-state index in [1.54, 1.807) is 0 Å². The lowest BCUT2D eigenvalue weighted by Gasteiger charge is -2.14. The Labute approximate surface area is 511 Å². The third-order valence-electron chi connectivity index (χ3n) is 13.2. The van der Waals surface area contributed by atoms with Crippen molar-refractivity contribution < 1.29 is 61.8 Å². The van der Waals surface area contributed by atoms with Gasteiger partial charge in [0.2, 0.25) is 0 Å². The van der Waals surface area contributed by atoms with Crippen molar-refractivity contribution in [3.8, 4) is 11.5 Å². The lowest BCUT2D eigenvalue weighted by Crippen LogP contribution is -2.22. The molecule has 0 spiro atoms. The number of hydrogen-bond donors (Lipinski definition) is 0. The first-order valence-electron chi connectivity index (χ1n) is 27.1. The molecule has 0 fully saturated rings. The summed E-state index contributed by atoms with van der Waals surface area (Å²) in [5, 5.41) is 9.97. The van der Waals surface area contributed by atoms with Crippen molar-refractivity contribution in [3.63, 3.8) is 0 Å². The maximum Gasteiger partial charge on any atom is 0.401 e.